The zero-order chi connectivity index (χ0) is 19.5. The minimum Gasteiger partial charge on any atom is -0.361 e. The molecule has 4 aromatic rings. The highest BCUT2D eigenvalue weighted by molar-refractivity contribution is 5.88. The number of aryl methyl sites for hydroxylation is 1. The lowest BCUT2D eigenvalue weighted by Gasteiger charge is -2.24. The molecule has 7 nitrogen and oxygen atoms in total. The molecule has 142 valence electrons. The van der Waals surface area contributed by atoms with Crippen LogP contribution in [-0.4, -0.2) is 50.3 Å². The molecule has 0 aliphatic heterocycles. The summed E-state index contributed by atoms with van der Waals surface area (Å²) >= 11 is 0. The maximum atomic E-state index is 4.84. The van der Waals surface area contributed by atoms with E-state index in [1.54, 1.807) is 17.1 Å². The molecule has 0 saturated carbocycles. The maximum Gasteiger partial charge on any atom is 0.164 e. The molecule has 0 saturated heterocycles. The predicted molar refractivity (Wildman–Crippen MR) is 111 cm³/mol. The van der Waals surface area contributed by atoms with E-state index in [1.165, 1.54) is 5.56 Å². The molecule has 0 aliphatic carbocycles. The van der Waals surface area contributed by atoms with Crippen molar-refractivity contribution in [1.29, 1.82) is 0 Å². The second kappa shape index (κ2) is 7.74. The number of nitrogens with zero attached hydrogens (tertiary/aromatic N) is 6. The fourth-order valence-corrected chi connectivity index (χ4v) is 3.21. The van der Waals surface area contributed by atoms with Crippen LogP contribution in [0.5, 0.6) is 0 Å². The van der Waals surface area contributed by atoms with Gasteiger partial charge in [0.1, 0.15) is 5.82 Å². The van der Waals surface area contributed by atoms with E-state index in [0.29, 0.717) is 5.82 Å². The Labute approximate surface area is 164 Å². The van der Waals surface area contributed by atoms with E-state index in [4.69, 9.17) is 9.97 Å². The lowest BCUT2D eigenvalue weighted by molar-refractivity contribution is 0.386. The van der Waals surface area contributed by atoms with E-state index >= 15 is 0 Å². The summed E-state index contributed by atoms with van der Waals surface area (Å²) in [6, 6.07) is 14.3. The van der Waals surface area contributed by atoms with Gasteiger partial charge >= 0.3 is 0 Å². The molecule has 0 aliphatic rings. The fourth-order valence-electron chi connectivity index (χ4n) is 3.21. The summed E-state index contributed by atoms with van der Waals surface area (Å²) in [4.78, 5) is 15.8. The number of anilines is 1. The molecule has 0 radical (unpaired) electrons. The number of fused-ring (bicyclic) bond motifs is 1. The van der Waals surface area contributed by atoms with Crippen LogP contribution in [-0.2, 0) is 7.05 Å². The molecule has 3 aromatic heterocycles. The Morgan fingerprint density at radius 3 is 2.50 bits per heavy atom. The van der Waals surface area contributed by atoms with Gasteiger partial charge in [0.25, 0.3) is 0 Å². The highest BCUT2D eigenvalue weighted by Crippen LogP contribution is 2.27. The molecule has 1 atom stereocenters. The van der Waals surface area contributed by atoms with Crippen LogP contribution >= 0.6 is 0 Å². The van der Waals surface area contributed by atoms with Crippen molar-refractivity contribution in [3.63, 3.8) is 0 Å². The quantitative estimate of drug-likeness (QED) is 0.560. The number of benzene rings is 1. The summed E-state index contributed by atoms with van der Waals surface area (Å²) in [6.07, 6.45) is 5.31. The molecule has 1 aromatic carbocycles. The lowest BCUT2D eigenvalue weighted by Crippen LogP contribution is -2.26. The van der Waals surface area contributed by atoms with E-state index < -0.39 is 0 Å². The first-order chi connectivity index (χ1) is 13.6. The highest BCUT2D eigenvalue weighted by atomic mass is 15.3. The first-order valence-corrected chi connectivity index (χ1v) is 9.18. The topological polar surface area (TPSA) is 71.8 Å². The number of aromatic nitrogens is 5. The van der Waals surface area contributed by atoms with Crippen LogP contribution in [0.1, 0.15) is 11.6 Å². The van der Waals surface area contributed by atoms with Gasteiger partial charge in [-0.3, -0.25) is 9.67 Å². The zero-order valence-electron chi connectivity index (χ0n) is 16.2. The van der Waals surface area contributed by atoms with Gasteiger partial charge in [0.15, 0.2) is 11.5 Å². The highest BCUT2D eigenvalue weighted by Gasteiger charge is 2.18. The van der Waals surface area contributed by atoms with Crippen molar-refractivity contribution in [1.82, 2.24) is 29.6 Å². The largest absolute Gasteiger partial charge is 0.361 e. The van der Waals surface area contributed by atoms with Crippen LogP contribution < -0.4 is 5.32 Å². The van der Waals surface area contributed by atoms with Crippen molar-refractivity contribution >= 4 is 16.9 Å². The number of nitrogens with one attached hydrogen (secondary N) is 1. The van der Waals surface area contributed by atoms with Gasteiger partial charge in [0.2, 0.25) is 0 Å². The van der Waals surface area contributed by atoms with E-state index in [-0.39, 0.29) is 6.04 Å². The van der Waals surface area contributed by atoms with Crippen LogP contribution in [0.15, 0.2) is 61.1 Å². The monoisotopic (exact) mass is 373 g/mol. The minimum absolute atomic E-state index is 0.0831. The Balaban J connectivity index is 1.80. The van der Waals surface area contributed by atoms with Crippen LogP contribution in [0.3, 0.4) is 0 Å². The van der Waals surface area contributed by atoms with Crippen LogP contribution in [0.25, 0.3) is 22.4 Å². The first-order valence-electron chi connectivity index (χ1n) is 9.18. The minimum atomic E-state index is 0.0831. The zero-order valence-corrected chi connectivity index (χ0v) is 16.2. The van der Waals surface area contributed by atoms with Gasteiger partial charge in [0, 0.05) is 31.5 Å². The predicted octanol–water partition coefficient (Wildman–Crippen LogP) is 3.14. The van der Waals surface area contributed by atoms with Crippen molar-refractivity contribution in [3.8, 4) is 11.4 Å². The third-order valence-electron chi connectivity index (χ3n) is 4.59. The average Bonchev–Trinajstić information content (AvgIpc) is 3.09. The Morgan fingerprint density at radius 2 is 1.79 bits per heavy atom. The molecule has 4 rings (SSSR count). The normalized spacial score (nSPS) is 12.4. The Hall–Kier alpha value is -3.32. The number of pyridine rings is 1. The van der Waals surface area contributed by atoms with Crippen molar-refractivity contribution in [3.05, 3.63) is 66.6 Å². The number of rotatable bonds is 6. The summed E-state index contributed by atoms with van der Waals surface area (Å²) in [5, 5.41) is 8.92. The maximum absolute atomic E-state index is 4.84. The van der Waals surface area contributed by atoms with E-state index in [2.05, 4.69) is 58.7 Å². The Kier molecular flexibility index (Phi) is 4.99. The van der Waals surface area contributed by atoms with Gasteiger partial charge in [0.05, 0.1) is 17.6 Å². The van der Waals surface area contributed by atoms with Gasteiger partial charge in [-0.05, 0) is 31.8 Å². The van der Waals surface area contributed by atoms with Crippen LogP contribution in [0.2, 0.25) is 0 Å². The molecular formula is C21H23N7. The van der Waals surface area contributed by atoms with Crippen molar-refractivity contribution in [2.24, 2.45) is 7.05 Å². The molecule has 0 bridgehead atoms. The van der Waals surface area contributed by atoms with Gasteiger partial charge in [-0.2, -0.15) is 5.10 Å². The van der Waals surface area contributed by atoms with Crippen molar-refractivity contribution in [2.75, 3.05) is 26.0 Å². The number of hydrogen-bond donors (Lipinski definition) is 1. The number of hydrogen-bond acceptors (Lipinski definition) is 6. The van der Waals surface area contributed by atoms with Crippen molar-refractivity contribution < 1.29 is 0 Å². The van der Waals surface area contributed by atoms with E-state index in [1.807, 2.05) is 31.4 Å². The molecule has 28 heavy (non-hydrogen) atoms. The molecule has 1 unspecified atom stereocenters. The summed E-state index contributed by atoms with van der Waals surface area (Å²) in [6.45, 7) is 0.834. The number of likely N-dealkylation sites (N-methyl/N-ethyl adjacent to an activating group) is 1. The SMILES string of the molecule is CN(C)CC(Nc1nc(-c2ccncc2)nc2c1cnn2C)c1ccccc1. The van der Waals surface area contributed by atoms with Crippen LogP contribution in [0, 0.1) is 0 Å². The molecule has 0 fully saturated rings. The smallest absolute Gasteiger partial charge is 0.164 e. The third-order valence-corrected chi connectivity index (χ3v) is 4.59. The third kappa shape index (κ3) is 3.70. The Bertz CT molecular complexity index is 1060. The van der Waals surface area contributed by atoms with Gasteiger partial charge in [-0.25, -0.2) is 9.97 Å². The van der Waals surface area contributed by atoms with Crippen molar-refractivity contribution in [2.45, 2.75) is 6.04 Å². The fraction of sp³-hybridized carbons (Fsp3) is 0.238. The second-order valence-electron chi connectivity index (χ2n) is 7.01. The van der Waals surface area contributed by atoms with E-state index in [9.17, 15) is 0 Å². The van der Waals surface area contributed by atoms with Gasteiger partial charge in [-0.1, -0.05) is 30.3 Å². The average molecular weight is 373 g/mol. The molecular weight excluding hydrogens is 350 g/mol. The second-order valence-corrected chi connectivity index (χ2v) is 7.01. The Morgan fingerprint density at radius 1 is 1.04 bits per heavy atom. The van der Waals surface area contributed by atoms with Gasteiger partial charge in [-0.15, -0.1) is 0 Å². The molecule has 1 N–H and O–H groups in total. The van der Waals surface area contributed by atoms with E-state index in [0.717, 1.165) is 29.0 Å². The van der Waals surface area contributed by atoms with Gasteiger partial charge < -0.3 is 10.2 Å². The molecule has 3 heterocycles. The summed E-state index contributed by atoms with van der Waals surface area (Å²) in [7, 11) is 6.03. The molecule has 7 heteroatoms. The summed E-state index contributed by atoms with van der Waals surface area (Å²) in [5.74, 6) is 1.43. The molecule has 0 spiro atoms. The summed E-state index contributed by atoms with van der Waals surface area (Å²) < 4.78 is 1.77. The molecule has 0 amide bonds. The standard InChI is InChI=1S/C21H23N7/c1-27(2)14-18(15-7-5-4-6-8-15)24-20-17-13-23-28(3)21(17)26-19(25-20)16-9-11-22-12-10-16/h4-13,18H,14H2,1-3H3,(H,24,25,26). The van der Waals surface area contributed by atoms with Crippen LogP contribution in [0.4, 0.5) is 5.82 Å². The first kappa shape index (κ1) is 18.1. The summed E-state index contributed by atoms with van der Waals surface area (Å²) in [5.41, 5.74) is 2.92. The lowest BCUT2D eigenvalue weighted by atomic mass is 10.1.